The van der Waals surface area contributed by atoms with Crippen LogP contribution in [0.4, 0.5) is 15.6 Å². The zero-order valence-electron chi connectivity index (χ0n) is 16.4. The highest BCUT2D eigenvalue weighted by atomic mass is 16.6. The van der Waals surface area contributed by atoms with E-state index in [-0.39, 0.29) is 18.2 Å². The molecule has 0 unspecified atom stereocenters. The van der Waals surface area contributed by atoms with Gasteiger partial charge in [-0.2, -0.15) is 0 Å². The van der Waals surface area contributed by atoms with Gasteiger partial charge in [0.2, 0.25) is 5.89 Å². The predicted molar refractivity (Wildman–Crippen MR) is 95.8 cm³/mol. The third-order valence-electron chi connectivity index (χ3n) is 5.26. The second-order valence-corrected chi connectivity index (χ2v) is 8.40. The van der Waals surface area contributed by atoms with Crippen LogP contribution in [0.5, 0.6) is 0 Å². The Morgan fingerprint density at radius 1 is 1.18 bits per heavy atom. The van der Waals surface area contributed by atoms with Crippen molar-refractivity contribution in [2.75, 3.05) is 37.6 Å². The average molecular weight is 394 g/mol. The molecule has 2 atom stereocenters. The molecule has 1 N–H and O–H groups in total. The maximum atomic E-state index is 12.2. The normalized spacial score (nSPS) is 25.5. The molecule has 0 saturated carbocycles. The van der Waals surface area contributed by atoms with E-state index >= 15 is 0 Å². The van der Waals surface area contributed by atoms with Crippen molar-refractivity contribution in [1.29, 1.82) is 0 Å². The van der Waals surface area contributed by atoms with Crippen molar-refractivity contribution in [3.8, 4) is 0 Å². The van der Waals surface area contributed by atoms with E-state index in [0.717, 1.165) is 5.06 Å². The molecular weight excluding hydrogens is 368 g/mol. The Hall–Kier alpha value is -2.56. The Morgan fingerprint density at radius 2 is 1.89 bits per heavy atom. The summed E-state index contributed by atoms with van der Waals surface area (Å²) in [6.07, 6.45) is 1.04. The number of carbonyl (C=O) groups is 2. The summed E-state index contributed by atoms with van der Waals surface area (Å²) >= 11 is 0. The average Bonchev–Trinajstić information content (AvgIpc) is 3.22. The number of hydrogen-bond donors (Lipinski definition) is 1. The Labute approximate surface area is 162 Å². The van der Waals surface area contributed by atoms with E-state index in [1.165, 1.54) is 0 Å². The van der Waals surface area contributed by atoms with Crippen molar-refractivity contribution in [2.24, 2.45) is 0 Å². The summed E-state index contributed by atoms with van der Waals surface area (Å²) in [6.45, 7) is 8.11. The smallest absolute Gasteiger partial charge is 0.410 e. The topological polar surface area (TPSA) is 115 Å². The summed E-state index contributed by atoms with van der Waals surface area (Å²) in [6, 6.07) is -0.510. The van der Waals surface area contributed by atoms with Gasteiger partial charge in [0, 0.05) is 32.7 Å². The fourth-order valence-electron chi connectivity index (χ4n) is 3.80. The molecule has 2 bridgehead atoms. The number of carbonyl (C=O) groups excluding carboxylic acids is 2. The molecule has 3 aliphatic heterocycles. The molecule has 28 heavy (non-hydrogen) atoms. The first-order valence-electron chi connectivity index (χ1n) is 9.58. The van der Waals surface area contributed by atoms with E-state index in [1.54, 1.807) is 9.80 Å². The highest BCUT2D eigenvalue weighted by Crippen LogP contribution is 2.37. The number of piperazine rings is 1. The van der Waals surface area contributed by atoms with E-state index in [0.29, 0.717) is 57.5 Å². The number of hydrogen-bond acceptors (Lipinski definition) is 8. The van der Waals surface area contributed by atoms with Gasteiger partial charge in [0.1, 0.15) is 11.6 Å². The zero-order chi connectivity index (χ0) is 20.1. The molecule has 3 saturated heterocycles. The van der Waals surface area contributed by atoms with Crippen LogP contribution >= 0.6 is 0 Å². The highest BCUT2D eigenvalue weighted by molar-refractivity contribution is 5.76. The number of nitrogens with zero attached hydrogens (tertiary/aromatic N) is 6. The lowest BCUT2D eigenvalue weighted by molar-refractivity contribution is -0.0584. The SMILES string of the molecule is CC(C)(C)OC(=O)N1CCN(c2nnc([C@H]3CC[C@@H]4CN3C(=O)N4O)o2)CC1. The van der Waals surface area contributed by atoms with Crippen LogP contribution in [-0.2, 0) is 4.74 Å². The summed E-state index contributed by atoms with van der Waals surface area (Å²) in [4.78, 5) is 29.5. The van der Waals surface area contributed by atoms with E-state index in [4.69, 9.17) is 9.15 Å². The van der Waals surface area contributed by atoms with E-state index < -0.39 is 11.6 Å². The lowest BCUT2D eigenvalue weighted by atomic mass is 10.0. The van der Waals surface area contributed by atoms with E-state index in [1.807, 2.05) is 25.7 Å². The molecule has 11 nitrogen and oxygen atoms in total. The number of urea groups is 1. The molecule has 154 valence electrons. The molecule has 0 aromatic carbocycles. The fourth-order valence-corrected chi connectivity index (χ4v) is 3.80. The van der Waals surface area contributed by atoms with Gasteiger partial charge in [0.05, 0.1) is 6.04 Å². The van der Waals surface area contributed by atoms with Gasteiger partial charge in [-0.05, 0) is 33.6 Å². The highest BCUT2D eigenvalue weighted by Gasteiger charge is 2.46. The third-order valence-corrected chi connectivity index (χ3v) is 5.26. The van der Waals surface area contributed by atoms with Gasteiger partial charge in [-0.3, -0.25) is 5.21 Å². The van der Waals surface area contributed by atoms with Gasteiger partial charge in [-0.1, -0.05) is 5.10 Å². The minimum absolute atomic E-state index is 0.160. The quantitative estimate of drug-likeness (QED) is 0.750. The molecule has 3 fully saturated rings. The predicted octanol–water partition coefficient (Wildman–Crippen LogP) is 1.46. The van der Waals surface area contributed by atoms with Gasteiger partial charge >= 0.3 is 18.1 Å². The van der Waals surface area contributed by atoms with Crippen LogP contribution in [0.2, 0.25) is 0 Å². The Bertz CT molecular complexity index is 753. The van der Waals surface area contributed by atoms with Crippen LogP contribution in [0, 0.1) is 0 Å². The van der Waals surface area contributed by atoms with Gasteiger partial charge in [0.15, 0.2) is 0 Å². The minimum Gasteiger partial charge on any atom is -0.444 e. The van der Waals surface area contributed by atoms with Crippen molar-refractivity contribution in [3.63, 3.8) is 0 Å². The number of piperidine rings is 1. The van der Waals surface area contributed by atoms with Gasteiger partial charge in [-0.25, -0.2) is 14.7 Å². The number of amides is 3. The lowest BCUT2D eigenvalue weighted by Gasteiger charge is -2.34. The van der Waals surface area contributed by atoms with Crippen molar-refractivity contribution >= 4 is 18.1 Å². The molecule has 4 heterocycles. The summed E-state index contributed by atoms with van der Waals surface area (Å²) in [7, 11) is 0. The maximum Gasteiger partial charge on any atom is 0.410 e. The van der Waals surface area contributed by atoms with Gasteiger partial charge in [0.25, 0.3) is 0 Å². The maximum absolute atomic E-state index is 12.2. The molecular formula is C17H26N6O5. The first-order valence-corrected chi connectivity index (χ1v) is 9.58. The third kappa shape index (κ3) is 3.46. The zero-order valence-corrected chi connectivity index (χ0v) is 16.4. The Kier molecular flexibility index (Phi) is 4.56. The summed E-state index contributed by atoms with van der Waals surface area (Å²) in [5.41, 5.74) is -0.522. The molecule has 11 heteroatoms. The Morgan fingerprint density at radius 3 is 2.57 bits per heavy atom. The molecule has 4 rings (SSSR count). The number of rotatable bonds is 2. The summed E-state index contributed by atoms with van der Waals surface area (Å²) in [5, 5.41) is 18.9. The molecule has 3 aliphatic rings. The lowest BCUT2D eigenvalue weighted by Crippen LogP contribution is -2.50. The standard InChI is InChI=1S/C17H26N6O5/c1-17(2,3)28-16(25)21-8-6-20(7-9-21)14-19-18-13(27-14)12-5-4-11-10-22(12)15(24)23(11)26/h11-12,26H,4-10H2,1-3H3/t11-,12-/m1/s1. The van der Waals surface area contributed by atoms with Crippen molar-refractivity contribution in [3.05, 3.63) is 5.89 Å². The minimum atomic E-state index is -0.522. The molecule has 0 radical (unpaired) electrons. The van der Waals surface area contributed by atoms with Crippen molar-refractivity contribution in [1.82, 2.24) is 25.1 Å². The molecule has 3 amide bonds. The van der Waals surface area contributed by atoms with Crippen molar-refractivity contribution < 1.29 is 24.0 Å². The van der Waals surface area contributed by atoms with Crippen LogP contribution in [0.15, 0.2) is 4.42 Å². The van der Waals surface area contributed by atoms with Crippen LogP contribution in [0.1, 0.15) is 45.5 Å². The van der Waals surface area contributed by atoms with Crippen molar-refractivity contribution in [2.45, 2.75) is 51.3 Å². The molecule has 0 aliphatic carbocycles. The molecule has 0 spiro atoms. The number of fused-ring (bicyclic) bond motifs is 2. The molecule has 1 aromatic heterocycles. The van der Waals surface area contributed by atoms with Gasteiger partial charge < -0.3 is 23.9 Å². The summed E-state index contributed by atoms with van der Waals surface area (Å²) < 4.78 is 11.3. The second kappa shape index (κ2) is 6.80. The van der Waals surface area contributed by atoms with Crippen LogP contribution < -0.4 is 4.90 Å². The summed E-state index contributed by atoms with van der Waals surface area (Å²) in [5.74, 6) is 0.381. The monoisotopic (exact) mass is 394 g/mol. The largest absolute Gasteiger partial charge is 0.444 e. The first kappa shape index (κ1) is 18.8. The van der Waals surface area contributed by atoms with Gasteiger partial charge in [-0.15, -0.1) is 5.10 Å². The number of anilines is 1. The van der Waals surface area contributed by atoms with Crippen LogP contribution in [0.3, 0.4) is 0 Å². The first-order chi connectivity index (χ1) is 13.2. The number of ether oxygens (including phenoxy) is 1. The number of hydroxylamine groups is 2. The second-order valence-electron chi connectivity index (χ2n) is 8.40. The van der Waals surface area contributed by atoms with Crippen LogP contribution in [0.25, 0.3) is 0 Å². The molecule has 1 aromatic rings. The van der Waals surface area contributed by atoms with E-state index in [9.17, 15) is 14.8 Å². The number of aromatic nitrogens is 2. The van der Waals surface area contributed by atoms with E-state index in [2.05, 4.69) is 10.2 Å². The fraction of sp³-hybridized carbons (Fsp3) is 0.765. The van der Waals surface area contributed by atoms with Crippen LogP contribution in [-0.4, -0.2) is 86.8 Å². The Balaban J connectivity index is 1.37.